The number of amides is 2. The van der Waals surface area contributed by atoms with Crippen molar-refractivity contribution in [3.05, 3.63) is 0 Å². The summed E-state index contributed by atoms with van der Waals surface area (Å²) in [5, 5.41) is 11.5. The fourth-order valence-corrected chi connectivity index (χ4v) is 1.27. The van der Waals surface area contributed by atoms with E-state index in [9.17, 15) is 9.59 Å². The first-order valence-electron chi connectivity index (χ1n) is 5.21. The van der Waals surface area contributed by atoms with E-state index in [1.165, 1.54) is 11.9 Å². The Morgan fingerprint density at radius 2 is 2.19 bits per heavy atom. The third-order valence-electron chi connectivity index (χ3n) is 2.23. The van der Waals surface area contributed by atoms with Crippen LogP contribution in [0, 0.1) is 12.3 Å². The van der Waals surface area contributed by atoms with Crippen LogP contribution in [0.5, 0.6) is 0 Å². The Bertz CT molecular complexity index is 283. The summed E-state index contributed by atoms with van der Waals surface area (Å²) in [4.78, 5) is 23.5. The Hall–Kier alpha value is -1.70. The quantitative estimate of drug-likeness (QED) is 0.522. The summed E-state index contributed by atoms with van der Waals surface area (Å²) in [7, 11) is 1.47. The Labute approximate surface area is 95.8 Å². The molecule has 0 bridgehead atoms. The topological polar surface area (TPSA) is 69.6 Å². The number of likely N-dealkylation sites (N-methyl/N-ethyl adjacent to an activating group) is 1. The molecule has 0 aliphatic carbocycles. The summed E-state index contributed by atoms with van der Waals surface area (Å²) in [6.45, 7) is 2.18. The van der Waals surface area contributed by atoms with Gasteiger partial charge in [-0.15, -0.1) is 12.3 Å². The van der Waals surface area contributed by atoms with Crippen LogP contribution in [0.15, 0.2) is 0 Å². The molecule has 0 aromatic heterocycles. The number of rotatable bonds is 6. The highest BCUT2D eigenvalue weighted by Gasteiger charge is 2.24. The molecule has 0 aliphatic heterocycles. The standard InChI is InChI=1S/C11H18N2O3/c1-4-6-7-8-12-11(16)13(3)9(5-2)10(14)15/h1,9H,5-8H2,2-3H3,(H,12,16)(H,14,15). The van der Waals surface area contributed by atoms with Crippen LogP contribution in [0.25, 0.3) is 0 Å². The molecule has 0 aromatic rings. The second-order valence-electron chi connectivity index (χ2n) is 3.41. The minimum atomic E-state index is -0.997. The summed E-state index contributed by atoms with van der Waals surface area (Å²) < 4.78 is 0. The number of terminal acetylenes is 1. The van der Waals surface area contributed by atoms with E-state index in [0.717, 1.165) is 0 Å². The van der Waals surface area contributed by atoms with Crippen LogP contribution in [0.2, 0.25) is 0 Å². The lowest BCUT2D eigenvalue weighted by Crippen LogP contribution is -2.47. The molecule has 5 heteroatoms. The van der Waals surface area contributed by atoms with Crippen molar-refractivity contribution in [1.82, 2.24) is 10.2 Å². The highest BCUT2D eigenvalue weighted by Crippen LogP contribution is 2.02. The maximum Gasteiger partial charge on any atom is 0.326 e. The molecular formula is C11H18N2O3. The van der Waals surface area contributed by atoms with E-state index in [1.54, 1.807) is 6.92 Å². The van der Waals surface area contributed by atoms with Crippen molar-refractivity contribution in [1.29, 1.82) is 0 Å². The van der Waals surface area contributed by atoms with Crippen LogP contribution in [0.4, 0.5) is 4.79 Å². The number of carbonyl (C=O) groups excluding carboxylic acids is 1. The van der Waals surface area contributed by atoms with Crippen molar-refractivity contribution in [2.24, 2.45) is 0 Å². The number of unbranched alkanes of at least 4 members (excludes halogenated alkanes) is 1. The molecule has 90 valence electrons. The van der Waals surface area contributed by atoms with E-state index in [0.29, 0.717) is 25.8 Å². The normalized spacial score (nSPS) is 11.3. The van der Waals surface area contributed by atoms with E-state index in [4.69, 9.17) is 11.5 Å². The first kappa shape index (κ1) is 14.3. The maximum absolute atomic E-state index is 11.5. The number of hydrogen-bond donors (Lipinski definition) is 2. The molecule has 0 fully saturated rings. The van der Waals surface area contributed by atoms with Crippen molar-refractivity contribution in [2.75, 3.05) is 13.6 Å². The minimum absolute atomic E-state index is 0.379. The zero-order chi connectivity index (χ0) is 12.6. The number of aliphatic carboxylic acids is 1. The molecule has 5 nitrogen and oxygen atoms in total. The number of carbonyl (C=O) groups is 2. The Kier molecular flexibility index (Phi) is 6.77. The SMILES string of the molecule is C#CCCCNC(=O)N(C)C(CC)C(=O)O. The molecular weight excluding hydrogens is 208 g/mol. The number of carboxylic acids is 1. The van der Waals surface area contributed by atoms with Crippen molar-refractivity contribution >= 4 is 12.0 Å². The molecule has 2 N–H and O–H groups in total. The summed E-state index contributed by atoms with van der Waals surface area (Å²) in [6.07, 6.45) is 6.73. The van der Waals surface area contributed by atoms with Gasteiger partial charge < -0.3 is 15.3 Å². The molecule has 0 heterocycles. The van der Waals surface area contributed by atoms with Crippen LogP contribution in [0.1, 0.15) is 26.2 Å². The first-order valence-corrected chi connectivity index (χ1v) is 5.21. The minimum Gasteiger partial charge on any atom is -0.480 e. The fourth-order valence-electron chi connectivity index (χ4n) is 1.27. The molecule has 1 atom stereocenters. The lowest BCUT2D eigenvalue weighted by molar-refractivity contribution is -0.141. The summed E-state index contributed by atoms with van der Waals surface area (Å²) in [6, 6.07) is -1.17. The lowest BCUT2D eigenvalue weighted by atomic mass is 10.2. The molecule has 0 saturated carbocycles. The Balaban J connectivity index is 4.07. The average Bonchev–Trinajstić information content (AvgIpc) is 2.24. The molecule has 0 radical (unpaired) electrons. The zero-order valence-electron chi connectivity index (χ0n) is 9.69. The third kappa shape index (κ3) is 4.69. The van der Waals surface area contributed by atoms with Gasteiger partial charge in [0.1, 0.15) is 6.04 Å². The van der Waals surface area contributed by atoms with Gasteiger partial charge in [0, 0.05) is 20.0 Å². The predicted octanol–water partition coefficient (Wildman–Crippen LogP) is 0.904. The van der Waals surface area contributed by atoms with Gasteiger partial charge in [0.15, 0.2) is 0 Å². The molecule has 0 aliphatic rings. The fraction of sp³-hybridized carbons (Fsp3) is 0.636. The molecule has 1 unspecified atom stereocenters. The maximum atomic E-state index is 11.5. The van der Waals surface area contributed by atoms with E-state index in [1.807, 2.05) is 0 Å². The van der Waals surface area contributed by atoms with Gasteiger partial charge in [-0.3, -0.25) is 0 Å². The van der Waals surface area contributed by atoms with Gasteiger partial charge in [0.2, 0.25) is 0 Å². The number of nitrogens with one attached hydrogen (secondary N) is 1. The van der Waals surface area contributed by atoms with E-state index >= 15 is 0 Å². The monoisotopic (exact) mass is 226 g/mol. The van der Waals surface area contributed by atoms with Crippen molar-refractivity contribution in [2.45, 2.75) is 32.2 Å². The Morgan fingerprint density at radius 3 is 2.62 bits per heavy atom. The van der Waals surface area contributed by atoms with Crippen molar-refractivity contribution < 1.29 is 14.7 Å². The van der Waals surface area contributed by atoms with Crippen molar-refractivity contribution in [3.63, 3.8) is 0 Å². The number of nitrogens with zero attached hydrogens (tertiary/aromatic N) is 1. The number of carboxylic acid groups (broad SMARTS) is 1. The number of urea groups is 1. The van der Waals surface area contributed by atoms with Crippen LogP contribution >= 0.6 is 0 Å². The van der Waals surface area contributed by atoms with E-state index in [2.05, 4.69) is 11.2 Å². The summed E-state index contributed by atoms with van der Waals surface area (Å²) in [5.41, 5.74) is 0. The molecule has 2 amide bonds. The second kappa shape index (κ2) is 7.57. The summed E-state index contributed by atoms with van der Waals surface area (Å²) >= 11 is 0. The average molecular weight is 226 g/mol. The van der Waals surface area contributed by atoms with Crippen molar-refractivity contribution in [3.8, 4) is 12.3 Å². The van der Waals surface area contributed by atoms with Crippen LogP contribution in [-0.2, 0) is 4.79 Å². The zero-order valence-corrected chi connectivity index (χ0v) is 9.69. The second-order valence-corrected chi connectivity index (χ2v) is 3.41. The van der Waals surface area contributed by atoms with Gasteiger partial charge in [-0.05, 0) is 12.8 Å². The van der Waals surface area contributed by atoms with Crippen LogP contribution in [0.3, 0.4) is 0 Å². The largest absolute Gasteiger partial charge is 0.480 e. The summed E-state index contributed by atoms with van der Waals surface area (Å²) in [5.74, 6) is 1.47. The van der Waals surface area contributed by atoms with Crippen LogP contribution < -0.4 is 5.32 Å². The van der Waals surface area contributed by atoms with E-state index in [-0.39, 0.29) is 6.03 Å². The van der Waals surface area contributed by atoms with Crippen LogP contribution in [-0.4, -0.2) is 41.6 Å². The Morgan fingerprint density at radius 1 is 1.56 bits per heavy atom. The number of hydrogen-bond acceptors (Lipinski definition) is 2. The van der Waals surface area contributed by atoms with Gasteiger partial charge in [-0.2, -0.15) is 0 Å². The van der Waals surface area contributed by atoms with Gasteiger partial charge in [0.25, 0.3) is 0 Å². The van der Waals surface area contributed by atoms with Gasteiger partial charge in [-0.1, -0.05) is 6.92 Å². The smallest absolute Gasteiger partial charge is 0.326 e. The molecule has 16 heavy (non-hydrogen) atoms. The molecule has 0 spiro atoms. The predicted molar refractivity (Wildman–Crippen MR) is 60.9 cm³/mol. The highest BCUT2D eigenvalue weighted by molar-refractivity contribution is 5.82. The highest BCUT2D eigenvalue weighted by atomic mass is 16.4. The van der Waals surface area contributed by atoms with Gasteiger partial charge in [-0.25, -0.2) is 9.59 Å². The molecule has 0 aromatic carbocycles. The third-order valence-corrected chi connectivity index (χ3v) is 2.23. The molecule has 0 saturated heterocycles. The first-order chi connectivity index (χ1) is 7.54. The molecule has 0 rings (SSSR count). The van der Waals surface area contributed by atoms with E-state index < -0.39 is 12.0 Å². The van der Waals surface area contributed by atoms with Gasteiger partial charge >= 0.3 is 12.0 Å². The lowest BCUT2D eigenvalue weighted by Gasteiger charge is -2.23. The van der Waals surface area contributed by atoms with Gasteiger partial charge in [0.05, 0.1) is 0 Å².